The van der Waals surface area contributed by atoms with Crippen molar-refractivity contribution in [1.29, 1.82) is 0 Å². The molecule has 0 atom stereocenters. The van der Waals surface area contributed by atoms with E-state index in [0.29, 0.717) is 10.8 Å². The third-order valence-electron chi connectivity index (χ3n) is 2.86. The Morgan fingerprint density at radius 2 is 1.82 bits per heavy atom. The molecule has 0 radical (unpaired) electrons. The van der Waals surface area contributed by atoms with Gasteiger partial charge in [-0.2, -0.15) is 0 Å². The van der Waals surface area contributed by atoms with Crippen LogP contribution >= 0.6 is 11.3 Å². The molecule has 3 rings (SSSR count). The monoisotopic (exact) mass is 313 g/mol. The third kappa shape index (κ3) is 3.04. The zero-order chi connectivity index (χ0) is 15.5. The Labute approximate surface area is 129 Å². The fraction of sp³-hybridized carbons (Fsp3) is 0. The quantitative estimate of drug-likeness (QED) is 0.678. The predicted molar refractivity (Wildman–Crippen MR) is 86.6 cm³/mol. The van der Waals surface area contributed by atoms with E-state index >= 15 is 0 Å². The molecule has 110 valence electrons. The first-order valence-corrected chi connectivity index (χ1v) is 7.20. The van der Waals surface area contributed by atoms with Crippen LogP contribution in [-0.4, -0.2) is 16.1 Å². The number of hydrogen-bond donors (Lipinski definition) is 3. The Bertz CT molecular complexity index is 875. The molecule has 0 saturated heterocycles. The molecule has 0 saturated carbocycles. The molecule has 0 unspecified atom stereocenters. The lowest BCUT2D eigenvalue weighted by atomic mass is 10.3. The van der Waals surface area contributed by atoms with Crippen LogP contribution in [0.3, 0.4) is 0 Å². The summed E-state index contributed by atoms with van der Waals surface area (Å²) in [7, 11) is 0. The van der Waals surface area contributed by atoms with Crippen LogP contribution in [0.4, 0.5) is 15.6 Å². The normalized spacial score (nSPS) is 10.4. The van der Waals surface area contributed by atoms with Crippen LogP contribution in [0.2, 0.25) is 0 Å². The second-order valence-corrected chi connectivity index (χ2v) is 5.47. The zero-order valence-corrected chi connectivity index (χ0v) is 12.1. The van der Waals surface area contributed by atoms with Gasteiger partial charge < -0.3 is 10.4 Å². The van der Waals surface area contributed by atoms with Crippen LogP contribution in [0.5, 0.6) is 5.75 Å². The topological polar surface area (TPSA) is 91.3 Å². The number of anilines is 2. The molecule has 22 heavy (non-hydrogen) atoms. The fourth-order valence-corrected chi connectivity index (χ4v) is 2.69. The van der Waals surface area contributed by atoms with Crippen molar-refractivity contribution in [2.75, 3.05) is 10.6 Å². The molecule has 3 aromatic rings. The second kappa shape index (κ2) is 5.82. The highest BCUT2D eigenvalue weighted by molar-refractivity contribution is 7.22. The minimum Gasteiger partial charge on any atom is -0.504 e. The molecular weight excluding hydrogens is 302 g/mol. The molecule has 0 aliphatic heterocycles. The van der Waals surface area contributed by atoms with Gasteiger partial charge in [0.25, 0.3) is 0 Å². The lowest BCUT2D eigenvalue weighted by Crippen LogP contribution is -2.18. The van der Waals surface area contributed by atoms with Crippen molar-refractivity contribution < 1.29 is 9.90 Å². The van der Waals surface area contributed by atoms with Crippen LogP contribution in [0.1, 0.15) is 0 Å². The van der Waals surface area contributed by atoms with Crippen LogP contribution in [0.15, 0.2) is 53.3 Å². The summed E-state index contributed by atoms with van der Waals surface area (Å²) in [6, 6.07) is 12.4. The van der Waals surface area contributed by atoms with Crippen molar-refractivity contribution in [3.05, 3.63) is 58.8 Å². The van der Waals surface area contributed by atoms with E-state index in [1.54, 1.807) is 0 Å². The smallest absolute Gasteiger partial charge is 0.325 e. The van der Waals surface area contributed by atoms with Crippen LogP contribution in [0.25, 0.3) is 10.2 Å². The number of nitrogens with zero attached hydrogens (tertiary/aromatic N) is 1. The number of aromatic hydroxyl groups is 1. The Kier molecular flexibility index (Phi) is 3.71. The minimum absolute atomic E-state index is 0.375. The van der Waals surface area contributed by atoms with Gasteiger partial charge in [-0.3, -0.25) is 10.1 Å². The highest BCUT2D eigenvalue weighted by Crippen LogP contribution is 2.25. The molecule has 0 aliphatic carbocycles. The molecule has 0 fully saturated rings. The summed E-state index contributed by atoms with van der Waals surface area (Å²) in [4.78, 5) is 27.5. The molecular formula is C15H11N3O3S. The molecule has 2 aromatic carbocycles. The Morgan fingerprint density at radius 1 is 1.05 bits per heavy atom. The molecule has 6 nitrogen and oxygen atoms in total. The molecule has 7 heteroatoms. The van der Waals surface area contributed by atoms with Crippen molar-refractivity contribution in [2.45, 2.75) is 0 Å². The van der Waals surface area contributed by atoms with Gasteiger partial charge >= 0.3 is 6.03 Å². The lowest BCUT2D eigenvalue weighted by molar-refractivity contribution is 0.262. The van der Waals surface area contributed by atoms with E-state index in [4.69, 9.17) is 0 Å². The van der Waals surface area contributed by atoms with Gasteiger partial charge in [0.05, 0.1) is 10.2 Å². The molecule has 0 spiro atoms. The first-order chi connectivity index (χ1) is 10.6. The van der Waals surface area contributed by atoms with Gasteiger partial charge in [0.15, 0.2) is 10.9 Å². The number of fused-ring (bicyclic) bond motifs is 1. The standard InChI is InChI=1S/C15H11N3O3S/c19-11-7-5-9(6-8-12(11)20)16-14(21)18-15-17-10-3-1-2-4-13(10)22-15/h1-8H,(H,19,20)(H2,16,17,18,21). The predicted octanol–water partition coefficient (Wildman–Crippen LogP) is 3.01. The number of carbonyl (C=O) groups is 1. The molecule has 1 heterocycles. The molecule has 2 amide bonds. The third-order valence-corrected chi connectivity index (χ3v) is 3.81. The van der Waals surface area contributed by atoms with Gasteiger partial charge in [-0.05, 0) is 36.4 Å². The first kappa shape index (κ1) is 14.0. The minimum atomic E-state index is -0.514. The lowest BCUT2D eigenvalue weighted by Gasteiger charge is -2.03. The van der Waals surface area contributed by atoms with Gasteiger partial charge in [0.1, 0.15) is 0 Å². The van der Waals surface area contributed by atoms with Crippen molar-refractivity contribution in [1.82, 2.24) is 4.98 Å². The summed E-state index contributed by atoms with van der Waals surface area (Å²) in [6.45, 7) is 0. The summed E-state index contributed by atoms with van der Waals surface area (Å²) < 4.78 is 0.977. The number of thiazole rings is 1. The SMILES string of the molecule is O=C(Nc1ccc(O)c(=O)cc1)Nc1nc2ccccc2s1. The first-order valence-electron chi connectivity index (χ1n) is 6.39. The molecule has 3 N–H and O–H groups in total. The van der Waals surface area contributed by atoms with Gasteiger partial charge in [0, 0.05) is 5.69 Å². The van der Waals surface area contributed by atoms with E-state index in [9.17, 15) is 14.7 Å². The Hall–Kier alpha value is -2.93. The maximum absolute atomic E-state index is 11.9. The van der Waals surface area contributed by atoms with Crippen LogP contribution < -0.4 is 16.1 Å². The van der Waals surface area contributed by atoms with Crippen molar-refractivity contribution >= 4 is 38.4 Å². The molecule has 1 aromatic heterocycles. The number of nitrogens with one attached hydrogen (secondary N) is 2. The average Bonchev–Trinajstić information content (AvgIpc) is 2.83. The van der Waals surface area contributed by atoms with Crippen molar-refractivity contribution in [3.8, 4) is 5.75 Å². The van der Waals surface area contributed by atoms with Gasteiger partial charge in [-0.15, -0.1) is 0 Å². The van der Waals surface area contributed by atoms with E-state index in [2.05, 4.69) is 15.6 Å². The summed E-state index contributed by atoms with van der Waals surface area (Å²) in [5.41, 5.74) is 0.686. The van der Waals surface area contributed by atoms with E-state index < -0.39 is 11.5 Å². The largest absolute Gasteiger partial charge is 0.504 e. The number of aromatic nitrogens is 1. The molecule has 0 bridgehead atoms. The number of rotatable bonds is 2. The number of carbonyl (C=O) groups excluding carboxylic acids is 1. The van der Waals surface area contributed by atoms with Crippen LogP contribution in [0, 0.1) is 0 Å². The molecule has 0 aliphatic rings. The maximum Gasteiger partial charge on any atom is 0.325 e. The Morgan fingerprint density at radius 3 is 2.64 bits per heavy atom. The van der Waals surface area contributed by atoms with E-state index in [0.717, 1.165) is 10.2 Å². The number of amides is 2. The van der Waals surface area contributed by atoms with Crippen molar-refractivity contribution in [2.24, 2.45) is 0 Å². The van der Waals surface area contributed by atoms with Gasteiger partial charge in [-0.1, -0.05) is 23.5 Å². The summed E-state index contributed by atoms with van der Waals surface area (Å²) in [6.07, 6.45) is 0. The van der Waals surface area contributed by atoms with E-state index in [1.165, 1.54) is 35.6 Å². The van der Waals surface area contributed by atoms with Gasteiger partial charge in [-0.25, -0.2) is 9.78 Å². The maximum atomic E-state index is 11.9. The highest BCUT2D eigenvalue weighted by Gasteiger charge is 2.07. The highest BCUT2D eigenvalue weighted by atomic mass is 32.1. The van der Waals surface area contributed by atoms with Gasteiger partial charge in [0.2, 0.25) is 5.43 Å². The summed E-state index contributed by atoms with van der Waals surface area (Å²) in [5, 5.41) is 15.0. The van der Waals surface area contributed by atoms with Crippen LogP contribution in [-0.2, 0) is 0 Å². The number of para-hydroxylation sites is 1. The summed E-state index contributed by atoms with van der Waals surface area (Å²) in [5.74, 6) is -0.375. The fourth-order valence-electron chi connectivity index (χ4n) is 1.83. The number of hydrogen-bond acceptors (Lipinski definition) is 5. The number of benzene rings is 1. The van der Waals surface area contributed by atoms with E-state index in [1.807, 2.05) is 24.3 Å². The number of urea groups is 1. The average molecular weight is 313 g/mol. The zero-order valence-electron chi connectivity index (χ0n) is 11.2. The van der Waals surface area contributed by atoms with E-state index in [-0.39, 0.29) is 5.75 Å². The Balaban J connectivity index is 1.75. The summed E-state index contributed by atoms with van der Waals surface area (Å²) >= 11 is 1.37. The second-order valence-electron chi connectivity index (χ2n) is 4.44. The van der Waals surface area contributed by atoms with Crippen molar-refractivity contribution in [3.63, 3.8) is 0 Å².